The topological polar surface area (TPSA) is 57.2 Å². The maximum atomic E-state index is 11.5. The molecular formula is C24H31NO5. The maximum Gasteiger partial charge on any atom is 0.161 e. The monoisotopic (exact) mass is 413 g/mol. The summed E-state index contributed by atoms with van der Waals surface area (Å²) in [5, 5.41) is 0. The molecule has 0 bridgehead atoms. The lowest BCUT2D eigenvalue weighted by Crippen LogP contribution is -2.26. The van der Waals surface area contributed by atoms with Crippen LogP contribution in [0.3, 0.4) is 0 Å². The zero-order valence-electron chi connectivity index (χ0n) is 18.1. The molecule has 0 spiro atoms. The van der Waals surface area contributed by atoms with Gasteiger partial charge in [-0.2, -0.15) is 0 Å². The van der Waals surface area contributed by atoms with Gasteiger partial charge in [0.05, 0.1) is 20.8 Å². The van der Waals surface area contributed by atoms with Crippen molar-refractivity contribution in [1.82, 2.24) is 4.90 Å². The molecule has 1 aliphatic rings. The second-order valence-corrected chi connectivity index (χ2v) is 7.46. The first-order valence-corrected chi connectivity index (χ1v) is 10.4. The molecule has 0 saturated carbocycles. The Labute approximate surface area is 178 Å². The summed E-state index contributed by atoms with van der Waals surface area (Å²) >= 11 is 0. The van der Waals surface area contributed by atoms with Crippen molar-refractivity contribution < 1.29 is 23.7 Å². The number of unbranched alkanes of at least 4 members (excludes halogenated alkanes) is 1. The standard InChI is InChI=1S/C24H31NO5/c1-18(26)19-10-11-22(24(16-19)28-3)29-15-7-6-13-25-14-12-20(17-25)30-23-9-5-4-8-21(23)27-2/h4-5,8-11,16,20H,6-7,12-15,17H2,1-3H3. The highest BCUT2D eigenvalue weighted by atomic mass is 16.5. The highest BCUT2D eigenvalue weighted by molar-refractivity contribution is 5.94. The zero-order chi connectivity index (χ0) is 21.3. The average molecular weight is 414 g/mol. The van der Waals surface area contributed by atoms with E-state index in [0.29, 0.717) is 23.7 Å². The Balaban J connectivity index is 1.37. The Morgan fingerprint density at radius 2 is 1.77 bits per heavy atom. The number of hydrogen-bond acceptors (Lipinski definition) is 6. The van der Waals surface area contributed by atoms with Crippen molar-refractivity contribution in [3.63, 3.8) is 0 Å². The van der Waals surface area contributed by atoms with Crippen LogP contribution in [0.4, 0.5) is 0 Å². The van der Waals surface area contributed by atoms with Crippen LogP contribution in [-0.4, -0.2) is 57.2 Å². The summed E-state index contributed by atoms with van der Waals surface area (Å²) in [6.45, 7) is 5.15. The minimum atomic E-state index is 0.0125. The molecule has 1 fully saturated rings. The first-order valence-electron chi connectivity index (χ1n) is 10.4. The molecule has 0 radical (unpaired) electrons. The largest absolute Gasteiger partial charge is 0.493 e. The van der Waals surface area contributed by atoms with E-state index >= 15 is 0 Å². The number of carbonyl (C=O) groups excluding carboxylic acids is 1. The molecule has 0 aliphatic carbocycles. The highest BCUT2D eigenvalue weighted by Gasteiger charge is 2.24. The number of Topliss-reactive ketones (excluding diaryl/α,β-unsaturated/α-hetero) is 1. The van der Waals surface area contributed by atoms with Gasteiger partial charge in [0.1, 0.15) is 6.10 Å². The van der Waals surface area contributed by atoms with Crippen molar-refractivity contribution in [2.24, 2.45) is 0 Å². The van der Waals surface area contributed by atoms with Crippen LogP contribution in [0.25, 0.3) is 0 Å². The van der Waals surface area contributed by atoms with Gasteiger partial charge < -0.3 is 18.9 Å². The highest BCUT2D eigenvalue weighted by Crippen LogP contribution is 2.29. The van der Waals surface area contributed by atoms with Gasteiger partial charge in [-0.1, -0.05) is 12.1 Å². The molecule has 1 aliphatic heterocycles. The molecule has 6 nitrogen and oxygen atoms in total. The number of nitrogens with zero attached hydrogens (tertiary/aromatic N) is 1. The summed E-state index contributed by atoms with van der Waals surface area (Å²) in [5.41, 5.74) is 0.623. The molecule has 6 heteroatoms. The fourth-order valence-corrected chi connectivity index (χ4v) is 3.62. The van der Waals surface area contributed by atoms with E-state index in [1.54, 1.807) is 39.3 Å². The van der Waals surface area contributed by atoms with Crippen molar-refractivity contribution in [2.75, 3.05) is 40.5 Å². The lowest BCUT2D eigenvalue weighted by atomic mass is 10.1. The second kappa shape index (κ2) is 10.9. The quantitative estimate of drug-likeness (QED) is 0.406. The minimum absolute atomic E-state index is 0.0125. The second-order valence-electron chi connectivity index (χ2n) is 7.46. The van der Waals surface area contributed by atoms with Gasteiger partial charge in [-0.15, -0.1) is 0 Å². The van der Waals surface area contributed by atoms with Crippen LogP contribution in [0.2, 0.25) is 0 Å². The molecule has 3 rings (SSSR count). The number of hydrogen-bond donors (Lipinski definition) is 0. The van der Waals surface area contributed by atoms with Crippen molar-refractivity contribution in [1.29, 1.82) is 0 Å². The Morgan fingerprint density at radius 3 is 2.50 bits per heavy atom. The van der Waals surface area contributed by atoms with Gasteiger partial charge in [0.25, 0.3) is 0 Å². The number of methoxy groups -OCH3 is 2. The minimum Gasteiger partial charge on any atom is -0.493 e. The molecular weight excluding hydrogens is 382 g/mol. The number of para-hydroxylation sites is 2. The third-order valence-electron chi connectivity index (χ3n) is 5.29. The van der Waals surface area contributed by atoms with E-state index in [0.717, 1.165) is 50.4 Å². The fraction of sp³-hybridized carbons (Fsp3) is 0.458. The van der Waals surface area contributed by atoms with E-state index in [1.807, 2.05) is 24.3 Å². The zero-order valence-corrected chi connectivity index (χ0v) is 18.1. The van der Waals surface area contributed by atoms with Crippen LogP contribution >= 0.6 is 0 Å². The number of ketones is 1. The third kappa shape index (κ3) is 5.89. The Kier molecular flexibility index (Phi) is 7.97. The number of rotatable bonds is 11. The van der Waals surface area contributed by atoms with E-state index < -0.39 is 0 Å². The van der Waals surface area contributed by atoms with Crippen LogP contribution in [0, 0.1) is 0 Å². The number of likely N-dealkylation sites (tertiary alicyclic amines) is 1. The van der Waals surface area contributed by atoms with Crippen molar-refractivity contribution >= 4 is 5.78 Å². The van der Waals surface area contributed by atoms with Crippen LogP contribution < -0.4 is 18.9 Å². The van der Waals surface area contributed by atoms with Gasteiger partial charge >= 0.3 is 0 Å². The van der Waals surface area contributed by atoms with Gasteiger partial charge in [0.15, 0.2) is 28.8 Å². The van der Waals surface area contributed by atoms with Crippen molar-refractivity contribution in [3.05, 3.63) is 48.0 Å². The van der Waals surface area contributed by atoms with Crippen LogP contribution in [0.5, 0.6) is 23.0 Å². The molecule has 2 aromatic carbocycles. The van der Waals surface area contributed by atoms with E-state index in [1.165, 1.54) is 0 Å². The Bertz CT molecular complexity index is 838. The molecule has 1 atom stereocenters. The first kappa shape index (κ1) is 22.0. The summed E-state index contributed by atoms with van der Waals surface area (Å²) in [5.74, 6) is 2.87. The van der Waals surface area contributed by atoms with Crippen LogP contribution in [-0.2, 0) is 0 Å². The first-order chi connectivity index (χ1) is 14.6. The maximum absolute atomic E-state index is 11.5. The summed E-state index contributed by atoms with van der Waals surface area (Å²) in [4.78, 5) is 13.9. The van der Waals surface area contributed by atoms with E-state index in [9.17, 15) is 4.79 Å². The number of benzene rings is 2. The molecule has 1 unspecified atom stereocenters. The van der Waals surface area contributed by atoms with E-state index in [-0.39, 0.29) is 11.9 Å². The SMILES string of the molecule is COc1cc(C(C)=O)ccc1OCCCCN1CCC(Oc2ccccc2OC)C1. The molecule has 162 valence electrons. The molecule has 0 N–H and O–H groups in total. The lowest BCUT2D eigenvalue weighted by molar-refractivity contribution is 0.101. The van der Waals surface area contributed by atoms with Gasteiger partial charge in [-0.25, -0.2) is 0 Å². The summed E-state index contributed by atoms with van der Waals surface area (Å²) in [7, 11) is 3.25. The molecule has 1 heterocycles. The summed E-state index contributed by atoms with van der Waals surface area (Å²) in [6.07, 6.45) is 3.22. The molecule has 1 saturated heterocycles. The molecule has 0 aromatic heterocycles. The summed E-state index contributed by atoms with van der Waals surface area (Å²) in [6, 6.07) is 13.1. The molecule has 30 heavy (non-hydrogen) atoms. The van der Waals surface area contributed by atoms with Gasteiger partial charge in [0, 0.05) is 18.7 Å². The average Bonchev–Trinajstić information content (AvgIpc) is 3.21. The van der Waals surface area contributed by atoms with E-state index in [2.05, 4.69) is 4.90 Å². The number of carbonyl (C=O) groups is 1. The smallest absolute Gasteiger partial charge is 0.161 e. The third-order valence-corrected chi connectivity index (χ3v) is 5.29. The summed E-state index contributed by atoms with van der Waals surface area (Å²) < 4.78 is 22.7. The van der Waals surface area contributed by atoms with Gasteiger partial charge in [0.2, 0.25) is 0 Å². The normalized spacial score (nSPS) is 16.3. The Hall–Kier alpha value is -2.73. The predicted octanol–water partition coefficient (Wildman–Crippen LogP) is 4.22. The van der Waals surface area contributed by atoms with Crippen LogP contribution in [0.1, 0.15) is 36.5 Å². The van der Waals surface area contributed by atoms with Gasteiger partial charge in [-0.05, 0) is 63.1 Å². The van der Waals surface area contributed by atoms with Crippen LogP contribution in [0.15, 0.2) is 42.5 Å². The Morgan fingerprint density at radius 1 is 1.00 bits per heavy atom. The molecule has 0 amide bonds. The van der Waals surface area contributed by atoms with Crippen molar-refractivity contribution in [2.45, 2.75) is 32.3 Å². The predicted molar refractivity (Wildman–Crippen MR) is 116 cm³/mol. The number of ether oxygens (including phenoxy) is 4. The van der Waals surface area contributed by atoms with Crippen molar-refractivity contribution in [3.8, 4) is 23.0 Å². The van der Waals surface area contributed by atoms with E-state index in [4.69, 9.17) is 18.9 Å². The fourth-order valence-electron chi connectivity index (χ4n) is 3.62. The van der Waals surface area contributed by atoms with Gasteiger partial charge in [-0.3, -0.25) is 9.69 Å². The lowest BCUT2D eigenvalue weighted by Gasteiger charge is -2.18. The molecule has 2 aromatic rings.